The maximum Gasteiger partial charge on any atom is 0.154 e. The van der Waals surface area contributed by atoms with E-state index in [0.29, 0.717) is 23.2 Å². The van der Waals surface area contributed by atoms with E-state index in [1.807, 2.05) is 0 Å². The fraction of sp³-hybridized carbons (Fsp3) is 0.556. The summed E-state index contributed by atoms with van der Waals surface area (Å²) in [6, 6.07) is 0. The van der Waals surface area contributed by atoms with E-state index in [4.69, 9.17) is 11.5 Å². The number of nitrogens with zero attached hydrogens (tertiary/aromatic N) is 2. The Balaban J connectivity index is 2.54. The molecule has 5 nitrogen and oxygen atoms in total. The second-order valence-electron chi connectivity index (χ2n) is 3.63. The highest BCUT2D eigenvalue weighted by molar-refractivity contribution is 5.71. The Kier molecular flexibility index (Phi) is 3.50. The van der Waals surface area contributed by atoms with Crippen molar-refractivity contribution >= 4 is 17.3 Å². The molecule has 0 aliphatic carbocycles. The lowest BCUT2D eigenvalue weighted by Gasteiger charge is -2.09. The van der Waals surface area contributed by atoms with Crippen molar-refractivity contribution in [3.05, 3.63) is 6.33 Å². The molecule has 0 atom stereocenters. The van der Waals surface area contributed by atoms with Gasteiger partial charge in [-0.1, -0.05) is 13.8 Å². The van der Waals surface area contributed by atoms with Gasteiger partial charge in [-0.3, -0.25) is 0 Å². The predicted molar refractivity (Wildman–Crippen MR) is 58.8 cm³/mol. The molecule has 1 heterocycles. The lowest BCUT2D eigenvalue weighted by molar-refractivity contribution is 0.606. The van der Waals surface area contributed by atoms with Gasteiger partial charge in [0, 0.05) is 6.54 Å². The zero-order chi connectivity index (χ0) is 10.6. The zero-order valence-corrected chi connectivity index (χ0v) is 8.62. The third kappa shape index (κ3) is 2.76. The maximum atomic E-state index is 5.69. The normalized spacial score (nSPS) is 10.5. The molecule has 14 heavy (non-hydrogen) atoms. The lowest BCUT2D eigenvalue weighted by Crippen LogP contribution is -2.10. The quantitative estimate of drug-likeness (QED) is 0.669. The summed E-state index contributed by atoms with van der Waals surface area (Å²) in [6.45, 7) is 5.18. The van der Waals surface area contributed by atoms with Gasteiger partial charge >= 0.3 is 0 Å². The first-order valence-electron chi connectivity index (χ1n) is 4.71. The first-order valence-corrected chi connectivity index (χ1v) is 4.71. The highest BCUT2D eigenvalue weighted by atomic mass is 15.1. The average molecular weight is 195 g/mol. The summed E-state index contributed by atoms with van der Waals surface area (Å²) in [4.78, 5) is 7.79. The van der Waals surface area contributed by atoms with E-state index in [0.717, 1.165) is 13.0 Å². The molecule has 0 aromatic carbocycles. The van der Waals surface area contributed by atoms with E-state index < -0.39 is 0 Å². The van der Waals surface area contributed by atoms with Gasteiger partial charge in [0.2, 0.25) is 0 Å². The second-order valence-corrected chi connectivity index (χ2v) is 3.63. The number of anilines is 3. The minimum absolute atomic E-state index is 0.326. The van der Waals surface area contributed by atoms with Crippen molar-refractivity contribution < 1.29 is 0 Å². The first-order chi connectivity index (χ1) is 6.61. The van der Waals surface area contributed by atoms with Crippen molar-refractivity contribution in [1.29, 1.82) is 0 Å². The van der Waals surface area contributed by atoms with Gasteiger partial charge in [-0.25, -0.2) is 9.97 Å². The number of hydrogen-bond donors (Lipinski definition) is 3. The highest BCUT2D eigenvalue weighted by Crippen LogP contribution is 2.19. The van der Waals surface area contributed by atoms with E-state index in [1.54, 1.807) is 0 Å². The number of nitrogens with one attached hydrogen (secondary N) is 1. The van der Waals surface area contributed by atoms with Crippen molar-refractivity contribution in [2.75, 3.05) is 23.3 Å². The van der Waals surface area contributed by atoms with Crippen LogP contribution in [0.15, 0.2) is 6.33 Å². The molecule has 0 amide bonds. The SMILES string of the molecule is CC(C)CCNc1ncnc(N)c1N. The molecule has 5 N–H and O–H groups in total. The largest absolute Gasteiger partial charge is 0.393 e. The fourth-order valence-electron chi connectivity index (χ4n) is 1.03. The standard InChI is InChI=1S/C9H17N5/c1-6(2)3-4-12-9-7(10)8(11)13-5-14-9/h5-6H,3-4,10H2,1-2H3,(H3,11,12,13,14). The van der Waals surface area contributed by atoms with Crippen molar-refractivity contribution in [3.63, 3.8) is 0 Å². The summed E-state index contributed by atoms with van der Waals surface area (Å²) >= 11 is 0. The Bertz CT molecular complexity index is 297. The molecule has 1 aromatic rings. The topological polar surface area (TPSA) is 89.8 Å². The zero-order valence-electron chi connectivity index (χ0n) is 8.62. The first kappa shape index (κ1) is 10.6. The third-order valence-corrected chi connectivity index (χ3v) is 1.93. The molecule has 5 heteroatoms. The molecule has 0 saturated heterocycles. The summed E-state index contributed by atoms with van der Waals surface area (Å²) in [6.07, 6.45) is 2.48. The van der Waals surface area contributed by atoms with Gasteiger partial charge in [-0.2, -0.15) is 0 Å². The summed E-state index contributed by atoms with van der Waals surface area (Å²) in [5.41, 5.74) is 11.7. The van der Waals surface area contributed by atoms with E-state index in [1.165, 1.54) is 6.33 Å². The predicted octanol–water partition coefficient (Wildman–Crippen LogP) is 1.10. The molecule has 1 aromatic heterocycles. The molecule has 0 spiro atoms. The van der Waals surface area contributed by atoms with Crippen molar-refractivity contribution in [2.24, 2.45) is 5.92 Å². The van der Waals surface area contributed by atoms with E-state index in [2.05, 4.69) is 29.1 Å². The highest BCUT2D eigenvalue weighted by Gasteiger charge is 2.03. The Morgan fingerprint density at radius 3 is 2.71 bits per heavy atom. The number of nitrogens with two attached hydrogens (primary N) is 2. The van der Waals surface area contributed by atoms with Gasteiger partial charge in [-0.05, 0) is 12.3 Å². The van der Waals surface area contributed by atoms with Crippen LogP contribution in [0.25, 0.3) is 0 Å². The van der Waals surface area contributed by atoms with Gasteiger partial charge in [-0.15, -0.1) is 0 Å². The molecule has 0 aliphatic heterocycles. The molecule has 78 valence electrons. The molecule has 0 aliphatic rings. The van der Waals surface area contributed by atoms with Gasteiger partial charge in [0.15, 0.2) is 11.6 Å². The number of hydrogen-bond acceptors (Lipinski definition) is 5. The molecule has 0 radical (unpaired) electrons. The van der Waals surface area contributed by atoms with Crippen molar-refractivity contribution in [3.8, 4) is 0 Å². The van der Waals surface area contributed by atoms with Crippen LogP contribution in [-0.4, -0.2) is 16.5 Å². The van der Waals surface area contributed by atoms with Crippen molar-refractivity contribution in [1.82, 2.24) is 9.97 Å². The Labute approximate surface area is 83.9 Å². The van der Waals surface area contributed by atoms with Crippen LogP contribution in [0.5, 0.6) is 0 Å². The minimum Gasteiger partial charge on any atom is -0.393 e. The fourth-order valence-corrected chi connectivity index (χ4v) is 1.03. The van der Waals surface area contributed by atoms with Gasteiger partial charge in [0.25, 0.3) is 0 Å². The lowest BCUT2D eigenvalue weighted by atomic mass is 10.1. The third-order valence-electron chi connectivity index (χ3n) is 1.93. The minimum atomic E-state index is 0.326. The summed E-state index contributed by atoms with van der Waals surface area (Å²) in [7, 11) is 0. The summed E-state index contributed by atoms with van der Waals surface area (Å²) < 4.78 is 0. The second kappa shape index (κ2) is 4.64. The molecule has 0 saturated carbocycles. The molecule has 1 rings (SSSR count). The van der Waals surface area contributed by atoms with E-state index in [9.17, 15) is 0 Å². The monoisotopic (exact) mass is 195 g/mol. The number of rotatable bonds is 4. The maximum absolute atomic E-state index is 5.69. The van der Waals surface area contributed by atoms with Crippen LogP contribution in [0.4, 0.5) is 17.3 Å². The van der Waals surface area contributed by atoms with Crippen LogP contribution in [0.1, 0.15) is 20.3 Å². The Morgan fingerprint density at radius 2 is 2.07 bits per heavy atom. The molecular formula is C9H17N5. The van der Waals surface area contributed by atoms with Gasteiger partial charge < -0.3 is 16.8 Å². The number of aromatic nitrogens is 2. The van der Waals surface area contributed by atoms with Gasteiger partial charge in [0.1, 0.15) is 12.0 Å². The van der Waals surface area contributed by atoms with E-state index in [-0.39, 0.29) is 0 Å². The van der Waals surface area contributed by atoms with Crippen molar-refractivity contribution in [2.45, 2.75) is 20.3 Å². The van der Waals surface area contributed by atoms with Gasteiger partial charge in [0.05, 0.1) is 0 Å². The summed E-state index contributed by atoms with van der Waals surface area (Å²) in [5.74, 6) is 1.60. The summed E-state index contributed by atoms with van der Waals surface area (Å²) in [5, 5.41) is 3.13. The molecule has 0 unspecified atom stereocenters. The van der Waals surface area contributed by atoms with E-state index >= 15 is 0 Å². The number of nitrogen functional groups attached to an aromatic ring is 2. The van der Waals surface area contributed by atoms with Crippen LogP contribution in [0.3, 0.4) is 0 Å². The molecule has 0 fully saturated rings. The average Bonchev–Trinajstić information content (AvgIpc) is 2.12. The smallest absolute Gasteiger partial charge is 0.154 e. The molecule has 0 bridgehead atoms. The van der Waals surface area contributed by atoms with Crippen LogP contribution in [0, 0.1) is 5.92 Å². The van der Waals surface area contributed by atoms with Crippen LogP contribution in [-0.2, 0) is 0 Å². The van der Waals surface area contributed by atoms with Crippen LogP contribution < -0.4 is 16.8 Å². The Morgan fingerprint density at radius 1 is 1.36 bits per heavy atom. The Hall–Kier alpha value is -1.52. The van der Waals surface area contributed by atoms with Crippen LogP contribution in [0.2, 0.25) is 0 Å². The van der Waals surface area contributed by atoms with Crippen LogP contribution >= 0.6 is 0 Å². The molecular weight excluding hydrogens is 178 g/mol.